The first-order valence-electron chi connectivity index (χ1n) is 25.1. The van der Waals surface area contributed by atoms with Crippen LogP contribution in [-0.4, -0.2) is 156 Å². The molecule has 21 N–H and O–H groups in total. The smallest absolute Gasteiger partial charge is 0.334 e. The fraction of sp³-hybridized carbons (Fsp3) is 0.431. The van der Waals surface area contributed by atoms with Gasteiger partial charge in [-0.1, -0.05) is 86.6 Å². The van der Waals surface area contributed by atoms with E-state index in [1.165, 1.54) is 31.3 Å². The van der Waals surface area contributed by atoms with Gasteiger partial charge in [-0.2, -0.15) is 0 Å². The largest absolute Gasteiger partial charge is 0.508 e. The highest BCUT2D eigenvalue weighted by Gasteiger charge is 2.34. The van der Waals surface area contributed by atoms with Crippen LogP contribution in [0.1, 0.15) is 56.2 Å². The minimum Gasteiger partial charge on any atom is -0.508 e. The number of urea groups is 1. The molecule has 0 aliphatic rings. The number of nitrogens with two attached hydrogens (primary N) is 4. The second-order valence-electron chi connectivity index (χ2n) is 18.6. The van der Waals surface area contributed by atoms with Gasteiger partial charge in [0.05, 0.1) is 25.7 Å². The lowest BCUT2D eigenvalue weighted by Crippen LogP contribution is -2.62. The number of aliphatic hydroxyl groups is 2. The van der Waals surface area contributed by atoms with Crippen molar-refractivity contribution in [3.8, 4) is 5.75 Å². The number of hydrogen-bond donors (Lipinski definition) is 17. The number of guanidine groups is 1. The van der Waals surface area contributed by atoms with Crippen LogP contribution in [0.15, 0.2) is 89.9 Å². The summed E-state index contributed by atoms with van der Waals surface area (Å²) in [5.41, 5.74) is 28.8. The molecule has 28 heteroatoms. The van der Waals surface area contributed by atoms with Crippen LogP contribution in [-0.2, 0) is 62.4 Å². The number of benzene rings is 3. The number of hydrazine groups is 1. The van der Waals surface area contributed by atoms with E-state index in [9.17, 15) is 63.3 Å². The first kappa shape index (κ1) is 64.4. The van der Waals surface area contributed by atoms with Crippen LogP contribution < -0.4 is 76.3 Å². The molecule has 8 atom stereocenters. The first-order valence-corrected chi connectivity index (χ1v) is 25.1. The van der Waals surface area contributed by atoms with E-state index in [-0.39, 0.29) is 62.7 Å². The number of aliphatic hydroxyl groups excluding tert-OH is 2. The summed E-state index contributed by atoms with van der Waals surface area (Å²) in [4.78, 5) is 137. The fourth-order valence-electron chi connectivity index (χ4n) is 7.52. The molecular weight excluding hydrogens is 1030 g/mol. The zero-order valence-electron chi connectivity index (χ0n) is 44.0. The average molecular weight is 1100 g/mol. The molecule has 3 aromatic carbocycles. The monoisotopic (exact) mass is 1100 g/mol. The molecule has 0 bridgehead atoms. The van der Waals surface area contributed by atoms with Crippen molar-refractivity contribution in [3.05, 3.63) is 102 Å². The van der Waals surface area contributed by atoms with Crippen LogP contribution >= 0.6 is 0 Å². The number of carbonyl (C=O) groups excluding carboxylic acids is 10. The number of aromatic hydroxyl groups is 1. The van der Waals surface area contributed by atoms with Gasteiger partial charge in [0.2, 0.25) is 47.3 Å². The number of amides is 11. The predicted molar refractivity (Wildman–Crippen MR) is 287 cm³/mol. The maximum Gasteiger partial charge on any atom is 0.334 e. The highest BCUT2D eigenvalue weighted by molar-refractivity contribution is 5.98. The summed E-state index contributed by atoms with van der Waals surface area (Å²) in [5, 5.41) is 49.4. The lowest BCUT2D eigenvalue weighted by Gasteiger charge is -2.26. The van der Waals surface area contributed by atoms with Crippen molar-refractivity contribution in [2.45, 2.75) is 107 Å². The number of primary amides is 2. The zero-order chi connectivity index (χ0) is 58.6. The molecular formula is C51H73N15O13. The van der Waals surface area contributed by atoms with Gasteiger partial charge in [-0.05, 0) is 60.4 Å². The number of hydrogen-bond acceptors (Lipinski definition) is 15. The lowest BCUT2D eigenvalue weighted by molar-refractivity contribution is -0.136. The quantitative estimate of drug-likeness (QED) is 0.0124. The highest BCUT2D eigenvalue weighted by atomic mass is 16.3. The van der Waals surface area contributed by atoms with Gasteiger partial charge in [0.15, 0.2) is 5.96 Å². The molecule has 0 unspecified atom stereocenters. The summed E-state index contributed by atoms with van der Waals surface area (Å²) in [7, 11) is 1.47. The Labute approximate surface area is 455 Å². The van der Waals surface area contributed by atoms with Gasteiger partial charge in [0.1, 0.15) is 48.0 Å². The van der Waals surface area contributed by atoms with E-state index in [1.807, 2.05) is 0 Å². The minimum atomic E-state index is -1.85. The van der Waals surface area contributed by atoms with Gasteiger partial charge in [-0.25, -0.2) is 10.2 Å². The molecule has 0 aliphatic carbocycles. The molecule has 11 amide bonds. The molecule has 3 rings (SSSR count). The number of phenolic OH excluding ortho intramolecular Hbond substituents is 1. The van der Waals surface area contributed by atoms with E-state index in [2.05, 4.69) is 58.4 Å². The van der Waals surface area contributed by atoms with Crippen molar-refractivity contribution in [1.29, 1.82) is 0 Å². The topological polar surface area (TPSA) is 468 Å². The van der Waals surface area contributed by atoms with E-state index in [4.69, 9.17) is 22.9 Å². The number of phenols is 1. The Hall–Kier alpha value is -8.89. The molecule has 0 heterocycles. The molecule has 0 aromatic heterocycles. The van der Waals surface area contributed by atoms with E-state index in [0.717, 1.165) is 0 Å². The Balaban J connectivity index is 1.74. The number of carbonyl (C=O) groups is 10. The molecule has 79 heavy (non-hydrogen) atoms. The SMILES string of the molecule is CN=C(N)NCCC[C@H](NC(=O)[C@H](CC(C)C)NC(=O)NNC(=O)[C@H](Cc1ccccc1)NC(=O)[C@H](CO)NC(=O)[C@H](CC(N)=O)NC(=O)[C@H](CO)NC(=O)[C@H](N)Cc1ccc(O)cc1)C(=O)N[C@@H](Cc1ccccc1)C(N)=O. The summed E-state index contributed by atoms with van der Waals surface area (Å²) >= 11 is 0. The normalized spacial score (nSPS) is 14.2. The third-order valence-electron chi connectivity index (χ3n) is 11.7. The second kappa shape index (κ2) is 33.3. The van der Waals surface area contributed by atoms with Crippen LogP contribution in [0.3, 0.4) is 0 Å². The lowest BCUT2D eigenvalue weighted by atomic mass is 10.0. The van der Waals surface area contributed by atoms with Gasteiger partial charge in [0, 0.05) is 26.4 Å². The van der Waals surface area contributed by atoms with Gasteiger partial charge in [0.25, 0.3) is 5.91 Å². The number of nitrogens with zero attached hydrogens (tertiary/aromatic N) is 1. The average Bonchev–Trinajstić information content (AvgIpc) is 3.41. The molecule has 28 nitrogen and oxygen atoms in total. The van der Waals surface area contributed by atoms with Gasteiger partial charge >= 0.3 is 6.03 Å². The highest BCUT2D eigenvalue weighted by Crippen LogP contribution is 2.12. The maximum atomic E-state index is 13.9. The van der Waals surface area contributed by atoms with E-state index < -0.39 is 127 Å². The summed E-state index contributed by atoms with van der Waals surface area (Å²) in [5.74, 6) is -9.03. The van der Waals surface area contributed by atoms with Crippen molar-refractivity contribution in [3.63, 3.8) is 0 Å². The summed E-state index contributed by atoms with van der Waals surface area (Å²) < 4.78 is 0. The molecule has 0 saturated heterocycles. The number of nitrogens with one attached hydrogen (secondary N) is 10. The van der Waals surface area contributed by atoms with Crippen molar-refractivity contribution in [1.82, 2.24) is 53.4 Å². The number of aliphatic imine (C=N–C) groups is 1. The Morgan fingerprint density at radius 1 is 0.519 bits per heavy atom. The second-order valence-corrected chi connectivity index (χ2v) is 18.6. The fourth-order valence-corrected chi connectivity index (χ4v) is 7.52. The Morgan fingerprint density at radius 3 is 1.49 bits per heavy atom. The third-order valence-corrected chi connectivity index (χ3v) is 11.7. The number of rotatable bonds is 31. The van der Waals surface area contributed by atoms with Crippen LogP contribution in [0.25, 0.3) is 0 Å². The minimum absolute atomic E-state index is 0.0218. The standard InChI is InChI=1S/C51H73N15O13/c1-28(2)21-36(45(74)58-34(15-10-20-57-50(55)56-3)44(73)59-35(42(54)71)23-29-11-6-4-7-12-29)64-51(79)66-65-49(78)37(24-30-13-8-5-9-14-30)60-48(77)40(27-68)63-46(75)38(25-41(53)70)61-47(76)39(26-67)62-43(72)33(52)22-31-16-18-32(69)19-17-31/h4-9,11-14,16-19,28,33-40,67-69H,10,15,20-27,52H2,1-3H3,(H2,53,70)(H2,54,71)(H,58,74)(H,59,73)(H,60,77)(H,61,76)(H,62,72)(H,63,75)(H,65,78)(H3,55,56,57)(H2,64,66,79)/t33-,34+,35+,36+,37+,38+,39+,40+/m1/s1. The van der Waals surface area contributed by atoms with Gasteiger partial charge < -0.3 is 80.8 Å². The van der Waals surface area contributed by atoms with Gasteiger partial charge in [-0.15, -0.1) is 0 Å². The summed E-state index contributed by atoms with van der Waals surface area (Å²) in [6.07, 6.45) is -0.711. The molecule has 3 aromatic rings. The Bertz CT molecular complexity index is 2560. The van der Waals surface area contributed by atoms with E-state index >= 15 is 0 Å². The molecule has 0 radical (unpaired) electrons. The van der Waals surface area contributed by atoms with E-state index in [1.54, 1.807) is 74.5 Å². The molecule has 0 fully saturated rings. The molecule has 0 saturated carbocycles. The van der Waals surface area contributed by atoms with Crippen LogP contribution in [0.5, 0.6) is 5.75 Å². The van der Waals surface area contributed by atoms with Crippen LogP contribution in [0.4, 0.5) is 4.79 Å². The Morgan fingerprint density at radius 2 is 0.975 bits per heavy atom. The van der Waals surface area contributed by atoms with Crippen molar-refractivity contribution >= 4 is 65.2 Å². The van der Waals surface area contributed by atoms with Crippen molar-refractivity contribution < 1.29 is 63.3 Å². The molecule has 0 aliphatic heterocycles. The van der Waals surface area contributed by atoms with Gasteiger partial charge in [-0.3, -0.25) is 53.6 Å². The van der Waals surface area contributed by atoms with Crippen LogP contribution in [0, 0.1) is 5.92 Å². The molecule has 430 valence electrons. The van der Waals surface area contributed by atoms with Crippen LogP contribution in [0.2, 0.25) is 0 Å². The molecule has 0 spiro atoms. The first-order chi connectivity index (χ1) is 37.5. The zero-order valence-corrected chi connectivity index (χ0v) is 44.0. The maximum absolute atomic E-state index is 13.9. The summed E-state index contributed by atoms with van der Waals surface area (Å²) in [6, 6.07) is 9.83. The summed E-state index contributed by atoms with van der Waals surface area (Å²) in [6.45, 7) is 1.69. The van der Waals surface area contributed by atoms with Crippen molar-refractivity contribution in [2.75, 3.05) is 26.8 Å². The predicted octanol–water partition coefficient (Wildman–Crippen LogP) is -4.94. The van der Waals surface area contributed by atoms with Crippen molar-refractivity contribution in [2.24, 2.45) is 33.8 Å². The Kier molecular flexibility index (Phi) is 27.2. The van der Waals surface area contributed by atoms with E-state index in [0.29, 0.717) is 16.7 Å². The third kappa shape index (κ3) is 23.5.